The highest BCUT2D eigenvalue weighted by molar-refractivity contribution is 6.32. The second-order valence-corrected chi connectivity index (χ2v) is 14.5. The third-order valence-corrected chi connectivity index (χ3v) is 9.36. The van der Waals surface area contributed by atoms with E-state index in [1.807, 2.05) is 30.3 Å². The number of ketones is 2. The van der Waals surface area contributed by atoms with Crippen LogP contribution in [0.2, 0.25) is 5.02 Å². The quantitative estimate of drug-likeness (QED) is 0.182. The summed E-state index contributed by atoms with van der Waals surface area (Å²) >= 11 is 6.75. The summed E-state index contributed by atoms with van der Waals surface area (Å²) in [6, 6.07) is 18.0. The Kier molecular flexibility index (Phi) is 8.04. The number of benzene rings is 3. The average molecular weight is 656 g/mol. The number of nitrogens with zero attached hydrogens (tertiary/aromatic N) is 3. The number of hydrogen-bond acceptors (Lipinski definition) is 8. The van der Waals surface area contributed by atoms with Crippen molar-refractivity contribution in [3.05, 3.63) is 126 Å². The standard InChI is InChI=1S/C36H34ClN3O7/c1-35(2)16-26-33(28(41)18-35)32(34-27(17-36(3,4)19-29(34)42)38(26)20-21-8-6-5-7-9-21)22-10-12-30(24(37)14-22)47-31-13-11-23(39(43)44)15-25(31)40(45)46/h5-15,32H,16-20H2,1-4H3. The molecule has 0 radical (unpaired) electrons. The number of nitro groups is 2. The molecule has 0 N–H and O–H groups in total. The first kappa shape index (κ1) is 32.1. The molecule has 0 saturated heterocycles. The fourth-order valence-corrected chi connectivity index (χ4v) is 7.31. The van der Waals surface area contributed by atoms with E-state index in [2.05, 4.69) is 32.6 Å². The van der Waals surface area contributed by atoms with Gasteiger partial charge in [0.15, 0.2) is 11.6 Å². The van der Waals surface area contributed by atoms with Gasteiger partial charge < -0.3 is 9.64 Å². The van der Waals surface area contributed by atoms with Gasteiger partial charge in [0, 0.05) is 53.9 Å². The topological polar surface area (TPSA) is 133 Å². The molecule has 3 aliphatic rings. The monoisotopic (exact) mass is 655 g/mol. The number of allylic oxidation sites excluding steroid dienone is 4. The van der Waals surface area contributed by atoms with Crippen molar-refractivity contribution in [1.82, 2.24) is 4.90 Å². The van der Waals surface area contributed by atoms with Crippen LogP contribution >= 0.6 is 11.6 Å². The van der Waals surface area contributed by atoms with Crippen LogP contribution in [-0.4, -0.2) is 26.3 Å². The number of rotatable bonds is 7. The van der Waals surface area contributed by atoms with Crippen LogP contribution in [0.4, 0.5) is 11.4 Å². The molecular weight excluding hydrogens is 622 g/mol. The molecule has 47 heavy (non-hydrogen) atoms. The molecule has 6 rings (SSSR count). The lowest BCUT2D eigenvalue weighted by atomic mass is 9.63. The number of non-ortho nitro benzene ring substituents is 1. The van der Waals surface area contributed by atoms with Gasteiger partial charge in [-0.3, -0.25) is 29.8 Å². The van der Waals surface area contributed by atoms with E-state index in [1.54, 1.807) is 18.2 Å². The highest BCUT2D eigenvalue weighted by Gasteiger charge is 2.49. The molecule has 0 unspecified atom stereocenters. The summed E-state index contributed by atoms with van der Waals surface area (Å²) in [7, 11) is 0. The summed E-state index contributed by atoms with van der Waals surface area (Å²) in [5, 5.41) is 23.0. The van der Waals surface area contributed by atoms with Crippen molar-refractivity contribution in [2.45, 2.75) is 65.8 Å². The Morgan fingerprint density at radius 1 is 0.787 bits per heavy atom. The van der Waals surface area contributed by atoms with Crippen molar-refractivity contribution in [1.29, 1.82) is 0 Å². The molecule has 1 aliphatic heterocycles. The predicted octanol–water partition coefficient (Wildman–Crippen LogP) is 8.83. The van der Waals surface area contributed by atoms with Crippen LogP contribution in [0.25, 0.3) is 0 Å². The number of ether oxygens (including phenoxy) is 1. The van der Waals surface area contributed by atoms with E-state index < -0.39 is 27.1 Å². The lowest BCUT2D eigenvalue weighted by molar-refractivity contribution is -0.394. The number of carbonyl (C=O) groups excluding carboxylic acids is 2. The SMILES string of the molecule is CC1(C)CC(=O)C2=C(C1)N(Cc1ccccc1)C1=C(C(=O)CC(C)(C)C1)C2c1ccc(Oc2ccc([N+](=O)[O-])cc2[N+](=O)[O-])c(Cl)c1. The lowest BCUT2D eigenvalue weighted by Gasteiger charge is -2.49. The maximum atomic E-state index is 14.1. The summed E-state index contributed by atoms with van der Waals surface area (Å²) in [6.07, 6.45) is 1.98. The Morgan fingerprint density at radius 2 is 1.36 bits per heavy atom. The van der Waals surface area contributed by atoms with Gasteiger partial charge in [-0.1, -0.05) is 75.7 Å². The van der Waals surface area contributed by atoms with Crippen molar-refractivity contribution >= 4 is 34.5 Å². The van der Waals surface area contributed by atoms with Gasteiger partial charge in [-0.25, -0.2) is 0 Å². The molecule has 0 spiro atoms. The van der Waals surface area contributed by atoms with E-state index in [-0.39, 0.29) is 38.9 Å². The minimum atomic E-state index is -0.762. The van der Waals surface area contributed by atoms with Crippen LogP contribution in [0.1, 0.15) is 70.4 Å². The van der Waals surface area contributed by atoms with E-state index in [9.17, 15) is 29.8 Å². The van der Waals surface area contributed by atoms with Crippen LogP contribution in [0.3, 0.4) is 0 Å². The Hall–Kier alpha value is -4.83. The maximum absolute atomic E-state index is 14.1. The van der Waals surface area contributed by atoms with Gasteiger partial charge in [-0.05, 0) is 53.0 Å². The van der Waals surface area contributed by atoms with Crippen LogP contribution in [0, 0.1) is 31.1 Å². The van der Waals surface area contributed by atoms with Crippen LogP contribution in [0.15, 0.2) is 89.3 Å². The zero-order valence-electron chi connectivity index (χ0n) is 26.5. The first-order valence-electron chi connectivity index (χ1n) is 15.4. The highest BCUT2D eigenvalue weighted by atomic mass is 35.5. The molecule has 3 aromatic rings. The van der Waals surface area contributed by atoms with Gasteiger partial charge in [-0.2, -0.15) is 0 Å². The van der Waals surface area contributed by atoms with Crippen LogP contribution in [0.5, 0.6) is 11.5 Å². The predicted molar refractivity (Wildman–Crippen MR) is 176 cm³/mol. The normalized spacial score (nSPS) is 19.0. The summed E-state index contributed by atoms with van der Waals surface area (Å²) in [4.78, 5) is 51.8. The largest absolute Gasteiger partial charge is 0.449 e. The van der Waals surface area contributed by atoms with Gasteiger partial charge in [0.1, 0.15) is 5.75 Å². The molecule has 3 aromatic carbocycles. The van der Waals surface area contributed by atoms with Gasteiger partial charge in [0.2, 0.25) is 5.75 Å². The summed E-state index contributed by atoms with van der Waals surface area (Å²) in [5.41, 5.74) is 3.16. The lowest BCUT2D eigenvalue weighted by Crippen LogP contribution is -2.44. The molecular formula is C36H34ClN3O7. The fourth-order valence-electron chi connectivity index (χ4n) is 7.08. The third-order valence-electron chi connectivity index (χ3n) is 9.06. The van der Waals surface area contributed by atoms with Gasteiger partial charge in [-0.15, -0.1) is 0 Å². The van der Waals surface area contributed by atoms with Crippen LogP contribution < -0.4 is 4.74 Å². The summed E-state index contributed by atoms with van der Waals surface area (Å²) in [5.74, 6) is -0.791. The van der Waals surface area contributed by atoms with E-state index in [4.69, 9.17) is 16.3 Å². The Labute approximate surface area is 277 Å². The number of halogens is 1. The molecule has 0 aromatic heterocycles. The maximum Gasteiger partial charge on any atom is 0.318 e. The molecule has 0 bridgehead atoms. The van der Waals surface area contributed by atoms with Gasteiger partial charge in [0.05, 0.1) is 20.9 Å². The third kappa shape index (κ3) is 6.17. The Bertz CT molecular complexity index is 1860. The highest BCUT2D eigenvalue weighted by Crippen LogP contribution is 2.55. The minimum absolute atomic E-state index is 0.0125. The fraction of sp³-hybridized carbons (Fsp3) is 0.333. The Balaban J connectivity index is 1.48. The molecule has 0 amide bonds. The zero-order chi connectivity index (χ0) is 33.8. The summed E-state index contributed by atoms with van der Waals surface area (Å²) in [6.45, 7) is 8.88. The second kappa shape index (κ2) is 11.8. The molecule has 1 heterocycles. The van der Waals surface area contributed by atoms with E-state index in [1.165, 1.54) is 0 Å². The van der Waals surface area contributed by atoms with Gasteiger partial charge in [0.25, 0.3) is 5.69 Å². The van der Waals surface area contributed by atoms with E-state index in [0.717, 1.165) is 35.2 Å². The summed E-state index contributed by atoms with van der Waals surface area (Å²) < 4.78 is 5.81. The number of carbonyl (C=O) groups is 2. The van der Waals surface area contributed by atoms with Crippen molar-refractivity contribution < 1.29 is 24.2 Å². The molecule has 0 atom stereocenters. The van der Waals surface area contributed by atoms with Crippen molar-refractivity contribution in [2.75, 3.05) is 0 Å². The van der Waals surface area contributed by atoms with E-state index in [0.29, 0.717) is 48.9 Å². The smallest absolute Gasteiger partial charge is 0.318 e. The molecule has 0 saturated carbocycles. The van der Waals surface area contributed by atoms with Gasteiger partial charge >= 0.3 is 5.69 Å². The molecule has 10 nitrogen and oxygen atoms in total. The van der Waals surface area contributed by atoms with Crippen LogP contribution in [-0.2, 0) is 16.1 Å². The van der Waals surface area contributed by atoms with Crippen molar-refractivity contribution in [2.24, 2.45) is 10.8 Å². The zero-order valence-corrected chi connectivity index (χ0v) is 27.3. The molecule has 2 aliphatic carbocycles. The molecule has 242 valence electrons. The second-order valence-electron chi connectivity index (χ2n) is 14.1. The number of nitro benzene ring substituents is 2. The average Bonchev–Trinajstić information content (AvgIpc) is 2.98. The Morgan fingerprint density at radius 3 is 1.89 bits per heavy atom. The first-order valence-corrected chi connectivity index (χ1v) is 15.8. The van der Waals surface area contributed by atoms with E-state index >= 15 is 0 Å². The molecule has 11 heteroatoms. The number of hydrogen-bond donors (Lipinski definition) is 0. The molecule has 0 fully saturated rings. The van der Waals surface area contributed by atoms with Crippen molar-refractivity contribution in [3.63, 3.8) is 0 Å². The minimum Gasteiger partial charge on any atom is -0.449 e. The number of Topliss-reactive ketones (excluding diaryl/α,β-unsaturated/α-hetero) is 2. The first-order chi connectivity index (χ1) is 22.1. The van der Waals surface area contributed by atoms with Crippen molar-refractivity contribution in [3.8, 4) is 11.5 Å².